The van der Waals surface area contributed by atoms with Gasteiger partial charge in [0.15, 0.2) is 0 Å². The lowest BCUT2D eigenvalue weighted by Crippen LogP contribution is -2.42. The Morgan fingerprint density at radius 2 is 1.89 bits per heavy atom. The average Bonchev–Trinajstić information content (AvgIpc) is 2.61. The summed E-state index contributed by atoms with van der Waals surface area (Å²) < 4.78 is 28.3. The van der Waals surface area contributed by atoms with E-state index in [0.717, 1.165) is 37.6 Å². The van der Waals surface area contributed by atoms with Gasteiger partial charge in [0.05, 0.1) is 0 Å². The van der Waals surface area contributed by atoms with Crippen LogP contribution in [-0.2, 0) is 4.79 Å². The lowest BCUT2D eigenvalue weighted by molar-refractivity contribution is -0.134. The molecule has 150 valence electrons. The number of nitrogens with zero attached hydrogens (tertiary/aromatic N) is 1. The molecule has 0 aromatic carbocycles. The van der Waals surface area contributed by atoms with Gasteiger partial charge < -0.3 is 5.32 Å². The van der Waals surface area contributed by atoms with Crippen molar-refractivity contribution in [3.8, 4) is 0 Å². The quantitative estimate of drug-likeness (QED) is 0.668. The number of nitrogens with two attached hydrogens (primary N) is 1. The highest BCUT2D eigenvalue weighted by Gasteiger charge is 2.46. The fourth-order valence-electron chi connectivity index (χ4n) is 4.71. The molecular formula is C20H29F2N3OS. The fourth-order valence-corrected chi connectivity index (χ4v) is 5.02. The van der Waals surface area contributed by atoms with Crippen molar-refractivity contribution in [3.05, 3.63) is 18.3 Å². The van der Waals surface area contributed by atoms with Crippen molar-refractivity contribution in [1.82, 2.24) is 4.98 Å². The number of hydrogen-bond acceptors (Lipinski definition) is 4. The second kappa shape index (κ2) is 9.32. The molecule has 1 heterocycles. The van der Waals surface area contributed by atoms with E-state index in [4.69, 9.17) is 5.14 Å². The number of carbonyl (C=O) groups excluding carboxylic acids is 1. The summed E-state index contributed by atoms with van der Waals surface area (Å²) in [7, 11) is 0. The Labute approximate surface area is 164 Å². The van der Waals surface area contributed by atoms with Crippen LogP contribution in [0.25, 0.3) is 0 Å². The lowest BCUT2D eigenvalue weighted by atomic mass is 9.67. The standard InChI is InChI=1S/C20H29F2N3OS/c21-20(22)10-8-16(14-6-4-2-1-3-5-7-14)17(13-20)19(26)25-15-9-11-24-18(12-15)27-23/h9,11-12,14,16-17H,1-8,10,13,23H2,(H,24,25,26)/t16-,17+/m0/s1. The van der Waals surface area contributed by atoms with Gasteiger partial charge in [0, 0.05) is 30.6 Å². The zero-order chi connectivity index (χ0) is 19.3. The van der Waals surface area contributed by atoms with Crippen molar-refractivity contribution in [2.45, 2.75) is 75.2 Å². The Kier molecular flexibility index (Phi) is 7.09. The van der Waals surface area contributed by atoms with Crippen LogP contribution in [0.5, 0.6) is 0 Å². The minimum Gasteiger partial charge on any atom is -0.326 e. The topological polar surface area (TPSA) is 68.0 Å². The molecule has 3 N–H and O–H groups in total. The number of nitrogens with one attached hydrogen (secondary N) is 1. The number of rotatable bonds is 4. The minimum absolute atomic E-state index is 0.0490. The highest BCUT2D eigenvalue weighted by atomic mass is 32.2. The molecule has 0 radical (unpaired) electrons. The van der Waals surface area contributed by atoms with Gasteiger partial charge in [-0.2, -0.15) is 0 Å². The van der Waals surface area contributed by atoms with Crippen molar-refractivity contribution < 1.29 is 13.6 Å². The molecule has 1 aromatic heterocycles. The van der Waals surface area contributed by atoms with Gasteiger partial charge >= 0.3 is 0 Å². The highest BCUT2D eigenvalue weighted by Crippen LogP contribution is 2.46. The highest BCUT2D eigenvalue weighted by molar-refractivity contribution is 7.97. The first-order valence-electron chi connectivity index (χ1n) is 10.00. The maximum Gasteiger partial charge on any atom is 0.248 e. The maximum atomic E-state index is 14.1. The number of anilines is 1. The number of amides is 1. The third-order valence-corrected chi connectivity index (χ3v) is 6.56. The van der Waals surface area contributed by atoms with Gasteiger partial charge in [-0.3, -0.25) is 9.93 Å². The number of alkyl halides is 2. The van der Waals surface area contributed by atoms with Crippen molar-refractivity contribution >= 4 is 23.5 Å². The molecular weight excluding hydrogens is 368 g/mol. The normalized spacial score (nSPS) is 26.8. The van der Waals surface area contributed by atoms with E-state index < -0.39 is 11.8 Å². The van der Waals surface area contributed by atoms with Crippen LogP contribution in [0.2, 0.25) is 0 Å². The molecule has 2 atom stereocenters. The second-order valence-electron chi connectivity index (χ2n) is 7.96. The Balaban J connectivity index is 1.74. The average molecular weight is 398 g/mol. The number of hydrogen-bond donors (Lipinski definition) is 2. The van der Waals surface area contributed by atoms with Gasteiger partial charge in [-0.15, -0.1) is 0 Å². The molecule has 0 spiro atoms. The Morgan fingerprint density at radius 1 is 1.19 bits per heavy atom. The summed E-state index contributed by atoms with van der Waals surface area (Å²) in [4.78, 5) is 17.0. The van der Waals surface area contributed by atoms with Crippen LogP contribution in [0, 0.1) is 17.8 Å². The molecule has 2 fully saturated rings. The Morgan fingerprint density at radius 3 is 2.59 bits per heavy atom. The summed E-state index contributed by atoms with van der Waals surface area (Å²) >= 11 is 0.991. The molecule has 1 aromatic rings. The molecule has 1 amide bonds. The number of carbonyl (C=O) groups is 1. The molecule has 2 saturated carbocycles. The minimum atomic E-state index is -2.75. The van der Waals surface area contributed by atoms with Crippen LogP contribution in [0.4, 0.5) is 14.5 Å². The monoisotopic (exact) mass is 397 g/mol. The van der Waals surface area contributed by atoms with E-state index >= 15 is 0 Å². The molecule has 2 aliphatic rings. The first kappa shape index (κ1) is 20.5. The van der Waals surface area contributed by atoms with E-state index in [2.05, 4.69) is 10.3 Å². The van der Waals surface area contributed by atoms with Gasteiger partial charge in [0.1, 0.15) is 5.03 Å². The van der Waals surface area contributed by atoms with Crippen LogP contribution in [-0.4, -0.2) is 16.8 Å². The Bertz CT molecular complexity index is 635. The van der Waals surface area contributed by atoms with E-state index in [0.29, 0.717) is 23.1 Å². The molecule has 7 heteroatoms. The first-order chi connectivity index (χ1) is 13.0. The van der Waals surface area contributed by atoms with Crippen molar-refractivity contribution in [3.63, 3.8) is 0 Å². The van der Waals surface area contributed by atoms with Crippen LogP contribution in [0.15, 0.2) is 23.4 Å². The van der Waals surface area contributed by atoms with Crippen LogP contribution < -0.4 is 10.5 Å². The van der Waals surface area contributed by atoms with Crippen LogP contribution in [0.1, 0.15) is 64.2 Å². The molecule has 3 rings (SSSR count). The SMILES string of the molecule is NSc1cc(NC(=O)[C@@H]2CC(F)(F)CC[C@H]2C2CCCCCCC2)ccn1. The summed E-state index contributed by atoms with van der Waals surface area (Å²) in [6.07, 6.45) is 9.67. The van der Waals surface area contributed by atoms with Gasteiger partial charge in [0.2, 0.25) is 11.8 Å². The van der Waals surface area contributed by atoms with E-state index in [-0.39, 0.29) is 24.7 Å². The van der Waals surface area contributed by atoms with E-state index in [1.54, 1.807) is 18.3 Å². The van der Waals surface area contributed by atoms with Crippen molar-refractivity contribution in [2.24, 2.45) is 22.9 Å². The number of pyridine rings is 1. The van der Waals surface area contributed by atoms with Crippen LogP contribution in [0.3, 0.4) is 0 Å². The zero-order valence-corrected chi connectivity index (χ0v) is 16.4. The predicted molar refractivity (Wildman–Crippen MR) is 104 cm³/mol. The fraction of sp³-hybridized carbons (Fsp3) is 0.700. The maximum absolute atomic E-state index is 14.1. The third kappa shape index (κ3) is 5.64. The third-order valence-electron chi connectivity index (χ3n) is 6.09. The van der Waals surface area contributed by atoms with Gasteiger partial charge in [-0.05, 0) is 42.3 Å². The molecule has 2 aliphatic carbocycles. The van der Waals surface area contributed by atoms with E-state index in [9.17, 15) is 13.6 Å². The summed E-state index contributed by atoms with van der Waals surface area (Å²) in [5.74, 6) is -3.25. The second-order valence-corrected chi connectivity index (χ2v) is 8.62. The molecule has 27 heavy (non-hydrogen) atoms. The number of halogens is 2. The van der Waals surface area contributed by atoms with Crippen molar-refractivity contribution in [2.75, 3.05) is 5.32 Å². The molecule has 0 aliphatic heterocycles. The molecule has 0 unspecified atom stereocenters. The van der Waals surface area contributed by atoms with E-state index in [1.165, 1.54) is 19.3 Å². The smallest absolute Gasteiger partial charge is 0.248 e. The zero-order valence-electron chi connectivity index (χ0n) is 15.6. The van der Waals surface area contributed by atoms with Gasteiger partial charge in [-0.1, -0.05) is 44.9 Å². The first-order valence-corrected chi connectivity index (χ1v) is 10.9. The predicted octanol–water partition coefficient (Wildman–Crippen LogP) is 5.40. The van der Waals surface area contributed by atoms with Crippen LogP contribution >= 0.6 is 11.9 Å². The number of aromatic nitrogens is 1. The van der Waals surface area contributed by atoms with E-state index in [1.807, 2.05) is 0 Å². The summed E-state index contributed by atoms with van der Waals surface area (Å²) in [5, 5.41) is 8.94. The largest absolute Gasteiger partial charge is 0.326 e. The summed E-state index contributed by atoms with van der Waals surface area (Å²) in [6, 6.07) is 3.35. The summed E-state index contributed by atoms with van der Waals surface area (Å²) in [5.41, 5.74) is 0.563. The molecule has 4 nitrogen and oxygen atoms in total. The lowest BCUT2D eigenvalue weighted by Gasteiger charge is -2.40. The Hall–Kier alpha value is -1.21. The molecule has 0 saturated heterocycles. The van der Waals surface area contributed by atoms with Gasteiger partial charge in [0.25, 0.3) is 0 Å². The van der Waals surface area contributed by atoms with Crippen molar-refractivity contribution in [1.29, 1.82) is 0 Å². The van der Waals surface area contributed by atoms with Gasteiger partial charge in [-0.25, -0.2) is 13.8 Å². The molecule has 0 bridgehead atoms. The summed E-state index contributed by atoms with van der Waals surface area (Å²) in [6.45, 7) is 0.